The van der Waals surface area contributed by atoms with Crippen LogP contribution in [0.3, 0.4) is 0 Å². The SMILES string of the molecule is CS(=O)(=O)OC1CC(c2ccccc2)SC(c2ccccc2)C1. The standard InChI is InChI=1S/C18H20O3S2/c1-23(19,20)21-16-12-17(14-8-4-2-5-9-14)22-18(13-16)15-10-6-3-7-11-15/h2-11,16-18H,12-13H2,1H3. The molecule has 0 aliphatic carbocycles. The molecule has 0 spiro atoms. The molecule has 5 heteroatoms. The smallest absolute Gasteiger partial charge is 0.264 e. The van der Waals surface area contributed by atoms with E-state index < -0.39 is 10.1 Å². The van der Waals surface area contributed by atoms with Gasteiger partial charge in [-0.3, -0.25) is 4.18 Å². The Morgan fingerprint density at radius 2 is 1.30 bits per heavy atom. The van der Waals surface area contributed by atoms with E-state index in [1.807, 2.05) is 48.2 Å². The molecule has 0 aromatic heterocycles. The highest BCUT2D eigenvalue weighted by molar-refractivity contribution is 7.99. The lowest BCUT2D eigenvalue weighted by atomic mass is 9.99. The third kappa shape index (κ3) is 4.59. The molecule has 2 unspecified atom stereocenters. The van der Waals surface area contributed by atoms with Gasteiger partial charge in [0.2, 0.25) is 0 Å². The fraction of sp³-hybridized carbons (Fsp3) is 0.333. The summed E-state index contributed by atoms with van der Waals surface area (Å²) in [6.07, 6.45) is 2.28. The minimum absolute atomic E-state index is 0.238. The van der Waals surface area contributed by atoms with Gasteiger partial charge >= 0.3 is 0 Å². The summed E-state index contributed by atoms with van der Waals surface area (Å²) in [4.78, 5) is 0. The van der Waals surface area contributed by atoms with Gasteiger partial charge in [-0.25, -0.2) is 0 Å². The molecule has 2 aromatic carbocycles. The molecule has 3 rings (SSSR count). The molecule has 1 aliphatic heterocycles. The van der Waals surface area contributed by atoms with Crippen LogP contribution in [0.4, 0.5) is 0 Å². The summed E-state index contributed by atoms with van der Waals surface area (Å²) in [6.45, 7) is 0. The van der Waals surface area contributed by atoms with E-state index >= 15 is 0 Å². The summed E-state index contributed by atoms with van der Waals surface area (Å²) in [7, 11) is -3.44. The Morgan fingerprint density at radius 1 is 0.870 bits per heavy atom. The highest BCUT2D eigenvalue weighted by atomic mass is 32.2. The van der Waals surface area contributed by atoms with Crippen molar-refractivity contribution in [3.8, 4) is 0 Å². The van der Waals surface area contributed by atoms with Crippen LogP contribution in [0, 0.1) is 0 Å². The molecule has 3 nitrogen and oxygen atoms in total. The predicted molar refractivity (Wildman–Crippen MR) is 94.9 cm³/mol. The Bertz CT molecular complexity index is 682. The molecule has 0 bridgehead atoms. The zero-order chi connectivity index (χ0) is 16.3. The average Bonchev–Trinajstić information content (AvgIpc) is 2.55. The van der Waals surface area contributed by atoms with E-state index in [2.05, 4.69) is 24.3 Å². The van der Waals surface area contributed by atoms with Crippen LogP contribution in [0.5, 0.6) is 0 Å². The van der Waals surface area contributed by atoms with Gasteiger partial charge in [0.15, 0.2) is 0 Å². The van der Waals surface area contributed by atoms with Crippen LogP contribution < -0.4 is 0 Å². The van der Waals surface area contributed by atoms with E-state index in [0.717, 1.165) is 6.26 Å². The lowest BCUT2D eigenvalue weighted by Gasteiger charge is -2.34. The molecular weight excluding hydrogens is 328 g/mol. The number of benzene rings is 2. The second-order valence-electron chi connectivity index (χ2n) is 5.83. The fourth-order valence-corrected chi connectivity index (χ4v) is 5.30. The topological polar surface area (TPSA) is 43.4 Å². The normalized spacial score (nSPS) is 25.2. The van der Waals surface area contributed by atoms with Crippen molar-refractivity contribution in [1.82, 2.24) is 0 Å². The van der Waals surface area contributed by atoms with Crippen molar-refractivity contribution in [3.05, 3.63) is 71.8 Å². The zero-order valence-electron chi connectivity index (χ0n) is 13.0. The van der Waals surface area contributed by atoms with Gasteiger partial charge in [0, 0.05) is 10.5 Å². The number of hydrogen-bond donors (Lipinski definition) is 0. The molecule has 2 atom stereocenters. The molecule has 1 saturated heterocycles. The lowest BCUT2D eigenvalue weighted by molar-refractivity contribution is 0.183. The summed E-state index contributed by atoms with van der Waals surface area (Å²) in [5.74, 6) is 0. The first-order valence-corrected chi connectivity index (χ1v) is 10.4. The van der Waals surface area contributed by atoms with Crippen LogP contribution in [0.1, 0.15) is 34.5 Å². The molecule has 23 heavy (non-hydrogen) atoms. The van der Waals surface area contributed by atoms with Crippen molar-refractivity contribution < 1.29 is 12.6 Å². The maximum atomic E-state index is 11.6. The van der Waals surface area contributed by atoms with Crippen LogP contribution in [0.25, 0.3) is 0 Å². The van der Waals surface area contributed by atoms with Crippen LogP contribution in [-0.4, -0.2) is 20.8 Å². The molecular formula is C18H20O3S2. The van der Waals surface area contributed by atoms with E-state index in [9.17, 15) is 8.42 Å². The minimum Gasteiger partial charge on any atom is -0.267 e. The maximum absolute atomic E-state index is 11.6. The third-order valence-corrected chi connectivity index (χ3v) is 6.14. The molecule has 0 saturated carbocycles. The molecule has 1 fully saturated rings. The van der Waals surface area contributed by atoms with Gasteiger partial charge in [0.1, 0.15) is 0 Å². The second kappa shape index (κ2) is 7.07. The van der Waals surface area contributed by atoms with Crippen LogP contribution in [0.2, 0.25) is 0 Å². The van der Waals surface area contributed by atoms with Gasteiger partial charge in [0.25, 0.3) is 10.1 Å². The Hall–Kier alpha value is -1.30. The van der Waals surface area contributed by atoms with Crippen molar-refractivity contribution in [2.24, 2.45) is 0 Å². The highest BCUT2D eigenvalue weighted by Crippen LogP contribution is 2.50. The summed E-state index contributed by atoms with van der Waals surface area (Å²) in [5.41, 5.74) is 2.44. The van der Waals surface area contributed by atoms with Crippen molar-refractivity contribution in [2.45, 2.75) is 29.4 Å². The Balaban J connectivity index is 1.86. The van der Waals surface area contributed by atoms with E-state index in [4.69, 9.17) is 4.18 Å². The van der Waals surface area contributed by atoms with E-state index in [0.29, 0.717) is 12.8 Å². The first-order valence-electron chi connectivity index (χ1n) is 7.65. The fourth-order valence-electron chi connectivity index (χ4n) is 2.97. The summed E-state index contributed by atoms with van der Waals surface area (Å²) in [6, 6.07) is 20.5. The van der Waals surface area contributed by atoms with E-state index in [1.54, 1.807) is 0 Å². The Labute approximate surface area is 142 Å². The molecule has 122 valence electrons. The molecule has 0 N–H and O–H groups in total. The van der Waals surface area contributed by atoms with Gasteiger partial charge in [-0.2, -0.15) is 8.42 Å². The monoisotopic (exact) mass is 348 g/mol. The molecule has 0 radical (unpaired) electrons. The first kappa shape index (κ1) is 16.6. The van der Waals surface area contributed by atoms with Gasteiger partial charge in [-0.1, -0.05) is 60.7 Å². The van der Waals surface area contributed by atoms with Crippen molar-refractivity contribution >= 4 is 21.9 Å². The molecule has 1 aliphatic rings. The second-order valence-corrected chi connectivity index (χ2v) is 8.84. The molecule has 1 heterocycles. The van der Waals surface area contributed by atoms with Gasteiger partial charge < -0.3 is 0 Å². The van der Waals surface area contributed by atoms with Crippen LogP contribution in [0.15, 0.2) is 60.7 Å². The minimum atomic E-state index is -3.44. The molecule has 2 aromatic rings. The summed E-state index contributed by atoms with van der Waals surface area (Å²) in [5, 5.41) is 0.476. The number of thioether (sulfide) groups is 1. The average molecular weight is 348 g/mol. The van der Waals surface area contributed by atoms with Crippen molar-refractivity contribution in [2.75, 3.05) is 6.26 Å². The molecule has 0 amide bonds. The lowest BCUT2D eigenvalue weighted by Crippen LogP contribution is -2.26. The van der Waals surface area contributed by atoms with Crippen molar-refractivity contribution in [3.63, 3.8) is 0 Å². The maximum Gasteiger partial charge on any atom is 0.264 e. The largest absolute Gasteiger partial charge is 0.267 e. The third-order valence-electron chi connectivity index (χ3n) is 3.94. The van der Waals surface area contributed by atoms with Gasteiger partial charge in [-0.05, 0) is 24.0 Å². The van der Waals surface area contributed by atoms with Gasteiger partial charge in [0.05, 0.1) is 12.4 Å². The van der Waals surface area contributed by atoms with Gasteiger partial charge in [-0.15, -0.1) is 11.8 Å². The number of hydrogen-bond acceptors (Lipinski definition) is 4. The van der Waals surface area contributed by atoms with E-state index in [1.165, 1.54) is 11.1 Å². The zero-order valence-corrected chi connectivity index (χ0v) is 14.6. The number of rotatable bonds is 4. The van der Waals surface area contributed by atoms with Crippen LogP contribution in [-0.2, 0) is 14.3 Å². The highest BCUT2D eigenvalue weighted by Gasteiger charge is 2.33. The Kier molecular flexibility index (Phi) is 5.09. The first-order chi connectivity index (χ1) is 11.0. The summed E-state index contributed by atoms with van der Waals surface area (Å²) < 4.78 is 28.5. The van der Waals surface area contributed by atoms with Crippen molar-refractivity contribution in [1.29, 1.82) is 0 Å². The van der Waals surface area contributed by atoms with Crippen LogP contribution >= 0.6 is 11.8 Å². The predicted octanol–water partition coefficient (Wildman–Crippen LogP) is 4.34. The Morgan fingerprint density at radius 3 is 1.70 bits per heavy atom. The summed E-state index contributed by atoms with van der Waals surface area (Å²) >= 11 is 1.89. The quantitative estimate of drug-likeness (QED) is 0.771. The van der Waals surface area contributed by atoms with E-state index in [-0.39, 0.29) is 16.6 Å².